The zero-order valence-corrected chi connectivity index (χ0v) is 10.6. The molecule has 1 heterocycles. The average molecular weight is 263 g/mol. The van der Waals surface area contributed by atoms with Crippen LogP contribution < -0.4 is 0 Å². The summed E-state index contributed by atoms with van der Waals surface area (Å²) in [5, 5.41) is 9.94. The van der Waals surface area contributed by atoms with Gasteiger partial charge in [-0.25, -0.2) is 8.78 Å². The van der Waals surface area contributed by atoms with Crippen molar-refractivity contribution in [3.8, 4) is 0 Å². The maximum atomic E-state index is 13.5. The summed E-state index contributed by atoms with van der Waals surface area (Å²) in [4.78, 5) is 4.17. The van der Waals surface area contributed by atoms with Crippen LogP contribution in [0.3, 0.4) is 0 Å². The summed E-state index contributed by atoms with van der Waals surface area (Å²) in [6.07, 6.45) is 1.43. The molecule has 0 bridgehead atoms. The van der Waals surface area contributed by atoms with Crippen molar-refractivity contribution < 1.29 is 13.9 Å². The number of hydrogen-bond acceptors (Lipinski definition) is 2. The highest BCUT2D eigenvalue weighted by molar-refractivity contribution is 5.24. The molecule has 0 saturated heterocycles. The maximum absolute atomic E-state index is 13.5. The Morgan fingerprint density at radius 2 is 1.84 bits per heavy atom. The molecular weight excluding hydrogens is 248 g/mol. The van der Waals surface area contributed by atoms with Gasteiger partial charge < -0.3 is 5.11 Å². The van der Waals surface area contributed by atoms with Gasteiger partial charge >= 0.3 is 0 Å². The van der Waals surface area contributed by atoms with Crippen LogP contribution in [0.2, 0.25) is 0 Å². The molecule has 2 rings (SSSR count). The molecule has 2 aromatic rings. The molecule has 0 aliphatic rings. The first kappa shape index (κ1) is 13.6. The van der Waals surface area contributed by atoms with Crippen LogP contribution in [0.4, 0.5) is 8.78 Å². The van der Waals surface area contributed by atoms with Crippen molar-refractivity contribution >= 4 is 0 Å². The summed E-state index contributed by atoms with van der Waals surface area (Å²) in [6, 6.07) is 7.20. The van der Waals surface area contributed by atoms with Crippen LogP contribution in [0.1, 0.15) is 29.8 Å². The molecule has 0 saturated carbocycles. The first-order valence-electron chi connectivity index (χ1n) is 6.17. The van der Waals surface area contributed by atoms with Gasteiger partial charge in [-0.15, -0.1) is 0 Å². The van der Waals surface area contributed by atoms with Crippen LogP contribution in [0.25, 0.3) is 0 Å². The molecule has 0 radical (unpaired) electrons. The van der Waals surface area contributed by atoms with Gasteiger partial charge in [0.2, 0.25) is 0 Å². The van der Waals surface area contributed by atoms with E-state index in [-0.39, 0.29) is 12.0 Å². The minimum atomic E-state index is -1.24. The summed E-state index contributed by atoms with van der Waals surface area (Å²) in [6.45, 7) is 2.01. The van der Waals surface area contributed by atoms with E-state index in [9.17, 15) is 13.9 Å². The Kier molecular flexibility index (Phi) is 4.22. The fourth-order valence-electron chi connectivity index (χ4n) is 1.91. The number of benzene rings is 1. The monoisotopic (exact) mass is 263 g/mol. The van der Waals surface area contributed by atoms with Crippen molar-refractivity contribution in [2.45, 2.75) is 25.9 Å². The van der Waals surface area contributed by atoms with E-state index in [0.717, 1.165) is 24.1 Å². The zero-order chi connectivity index (χ0) is 13.8. The molecule has 0 aliphatic heterocycles. The number of pyridine rings is 1. The van der Waals surface area contributed by atoms with Gasteiger partial charge in [-0.1, -0.05) is 19.1 Å². The first-order chi connectivity index (χ1) is 9.11. The Labute approximate surface area is 110 Å². The Balaban J connectivity index is 2.18. The smallest absolute Gasteiger partial charge is 0.131 e. The minimum Gasteiger partial charge on any atom is -0.388 e. The van der Waals surface area contributed by atoms with Gasteiger partial charge in [0.25, 0.3) is 0 Å². The van der Waals surface area contributed by atoms with Gasteiger partial charge in [-0.2, -0.15) is 0 Å². The fraction of sp³-hybridized carbons (Fsp3) is 0.267. The third-order valence-electron chi connectivity index (χ3n) is 3.03. The number of nitrogens with zero attached hydrogens (tertiary/aromatic N) is 1. The van der Waals surface area contributed by atoms with Crippen molar-refractivity contribution in [3.05, 3.63) is 65.0 Å². The quantitative estimate of drug-likeness (QED) is 0.919. The number of hydrogen-bond donors (Lipinski definition) is 1. The fourth-order valence-corrected chi connectivity index (χ4v) is 1.91. The van der Waals surface area contributed by atoms with E-state index < -0.39 is 17.7 Å². The van der Waals surface area contributed by atoms with Crippen molar-refractivity contribution in [1.82, 2.24) is 4.98 Å². The normalized spacial score (nSPS) is 12.4. The van der Waals surface area contributed by atoms with Crippen molar-refractivity contribution in [2.24, 2.45) is 0 Å². The van der Waals surface area contributed by atoms with Crippen molar-refractivity contribution in [3.63, 3.8) is 0 Å². The molecule has 100 valence electrons. The van der Waals surface area contributed by atoms with Crippen molar-refractivity contribution in [2.75, 3.05) is 0 Å². The van der Waals surface area contributed by atoms with E-state index in [2.05, 4.69) is 4.98 Å². The Bertz CT molecular complexity index is 534. The summed E-state index contributed by atoms with van der Waals surface area (Å²) in [5.74, 6) is -1.48. The number of halogens is 2. The molecule has 0 aliphatic carbocycles. The number of aliphatic hydroxyl groups excluding tert-OH is 1. The van der Waals surface area contributed by atoms with E-state index in [1.54, 1.807) is 12.3 Å². The van der Waals surface area contributed by atoms with Gasteiger partial charge in [-0.05, 0) is 30.2 Å². The number of aromatic nitrogens is 1. The van der Waals surface area contributed by atoms with Crippen LogP contribution in [-0.2, 0) is 12.8 Å². The molecule has 1 aromatic carbocycles. The molecule has 1 N–H and O–H groups in total. The molecule has 1 atom stereocenters. The van der Waals surface area contributed by atoms with E-state index >= 15 is 0 Å². The predicted octanol–water partition coefficient (Wildman–Crippen LogP) is 3.20. The average Bonchev–Trinajstić information content (AvgIpc) is 2.39. The number of aliphatic hydroxyl groups is 1. The van der Waals surface area contributed by atoms with Gasteiger partial charge in [0.05, 0.1) is 11.7 Å². The van der Waals surface area contributed by atoms with Crippen molar-refractivity contribution in [1.29, 1.82) is 0 Å². The molecule has 0 spiro atoms. The molecular formula is C15H15F2NO. The van der Waals surface area contributed by atoms with E-state index in [4.69, 9.17) is 0 Å². The molecule has 0 fully saturated rings. The van der Waals surface area contributed by atoms with Crippen LogP contribution in [0, 0.1) is 11.6 Å². The van der Waals surface area contributed by atoms with E-state index in [0.29, 0.717) is 5.69 Å². The third kappa shape index (κ3) is 3.15. The lowest BCUT2D eigenvalue weighted by molar-refractivity contribution is 0.167. The summed E-state index contributed by atoms with van der Waals surface area (Å²) >= 11 is 0. The Hall–Kier alpha value is -1.81. The molecule has 0 amide bonds. The molecule has 1 unspecified atom stereocenters. The maximum Gasteiger partial charge on any atom is 0.131 e. The second kappa shape index (κ2) is 5.89. The highest BCUT2D eigenvalue weighted by atomic mass is 19.1. The predicted molar refractivity (Wildman–Crippen MR) is 68.6 cm³/mol. The minimum absolute atomic E-state index is 0.0852. The third-order valence-corrected chi connectivity index (χ3v) is 3.03. The van der Waals surface area contributed by atoms with Gasteiger partial charge in [0.15, 0.2) is 0 Å². The highest BCUT2D eigenvalue weighted by Gasteiger charge is 2.18. The van der Waals surface area contributed by atoms with Gasteiger partial charge in [-0.3, -0.25) is 4.98 Å². The molecule has 19 heavy (non-hydrogen) atoms. The number of aryl methyl sites for hydroxylation is 1. The SMILES string of the molecule is CCc1ccc(CC(O)c2c(F)cccc2F)nc1. The lowest BCUT2D eigenvalue weighted by Crippen LogP contribution is -2.08. The lowest BCUT2D eigenvalue weighted by Gasteiger charge is -2.12. The van der Waals surface area contributed by atoms with E-state index in [1.165, 1.54) is 6.07 Å². The second-order valence-corrected chi connectivity index (χ2v) is 4.37. The van der Waals surface area contributed by atoms with Crippen LogP contribution in [0.5, 0.6) is 0 Å². The van der Waals surface area contributed by atoms with Gasteiger partial charge in [0, 0.05) is 18.3 Å². The number of rotatable bonds is 4. The Morgan fingerprint density at radius 1 is 1.16 bits per heavy atom. The van der Waals surface area contributed by atoms with Gasteiger partial charge in [0.1, 0.15) is 11.6 Å². The first-order valence-corrected chi connectivity index (χ1v) is 6.17. The molecule has 1 aromatic heterocycles. The van der Waals surface area contributed by atoms with Crippen LogP contribution in [-0.4, -0.2) is 10.1 Å². The summed E-state index contributed by atoms with van der Waals surface area (Å²) in [7, 11) is 0. The lowest BCUT2D eigenvalue weighted by atomic mass is 10.0. The van der Waals surface area contributed by atoms with E-state index in [1.807, 2.05) is 13.0 Å². The topological polar surface area (TPSA) is 33.1 Å². The van der Waals surface area contributed by atoms with Crippen LogP contribution in [0.15, 0.2) is 36.5 Å². The summed E-state index contributed by atoms with van der Waals surface area (Å²) < 4.78 is 27.0. The molecule has 2 nitrogen and oxygen atoms in total. The van der Waals surface area contributed by atoms with Crippen LogP contribution >= 0.6 is 0 Å². The largest absolute Gasteiger partial charge is 0.388 e. The zero-order valence-electron chi connectivity index (χ0n) is 10.6. The molecule has 4 heteroatoms. The summed E-state index contributed by atoms with van der Waals surface area (Å²) in [5.41, 5.74) is 1.38. The Morgan fingerprint density at radius 3 is 2.37 bits per heavy atom. The highest BCUT2D eigenvalue weighted by Crippen LogP contribution is 2.23. The standard InChI is InChI=1S/C15H15F2NO/c1-2-10-6-7-11(18-9-10)8-14(19)15-12(16)4-3-5-13(15)17/h3-7,9,14,19H,2,8H2,1H3. The second-order valence-electron chi connectivity index (χ2n) is 4.37.